The number of alkyl halides is 4. The van der Waals surface area contributed by atoms with Crippen LogP contribution in [-0.2, 0) is 4.74 Å². The van der Waals surface area contributed by atoms with Gasteiger partial charge >= 0.3 is 6.30 Å². The predicted molar refractivity (Wildman–Crippen MR) is 110 cm³/mol. The fourth-order valence-corrected chi connectivity index (χ4v) is 5.70. The van der Waals surface area contributed by atoms with E-state index in [-0.39, 0.29) is 12.1 Å². The molecule has 0 aromatic rings. The molecular formula is C21H35F4N5O. The van der Waals surface area contributed by atoms with Crippen molar-refractivity contribution in [3.05, 3.63) is 11.6 Å². The molecule has 1 saturated carbocycles. The topological polar surface area (TPSA) is 60.6 Å². The Kier molecular flexibility index (Phi) is 7.24. The van der Waals surface area contributed by atoms with E-state index in [1.807, 2.05) is 0 Å². The van der Waals surface area contributed by atoms with Gasteiger partial charge in [-0.1, -0.05) is 11.6 Å². The van der Waals surface area contributed by atoms with Gasteiger partial charge in [-0.25, -0.2) is 9.71 Å². The van der Waals surface area contributed by atoms with Crippen molar-refractivity contribution in [3.8, 4) is 0 Å². The summed E-state index contributed by atoms with van der Waals surface area (Å²) in [5.74, 6) is 0.765. The Hall–Kier alpha value is -0.780. The van der Waals surface area contributed by atoms with Crippen LogP contribution < -0.4 is 21.3 Å². The number of ether oxygens (including phenoxy) is 1. The zero-order valence-electron chi connectivity index (χ0n) is 18.2. The highest BCUT2D eigenvalue weighted by Gasteiger charge is 2.45. The fourth-order valence-electron chi connectivity index (χ4n) is 5.70. The molecule has 10 heteroatoms. The number of fused-ring (bicyclic) bond motifs is 1. The molecule has 8 atom stereocenters. The summed E-state index contributed by atoms with van der Waals surface area (Å²) in [6, 6.07) is -0.588. The minimum atomic E-state index is -4.65. The fraction of sp³-hybridized carbons (Fsp3) is 0.905. The van der Waals surface area contributed by atoms with Crippen LogP contribution in [0.1, 0.15) is 39.0 Å². The first kappa shape index (κ1) is 23.4. The van der Waals surface area contributed by atoms with Crippen molar-refractivity contribution in [2.45, 2.75) is 82.1 Å². The van der Waals surface area contributed by atoms with Gasteiger partial charge in [-0.2, -0.15) is 13.2 Å². The highest BCUT2D eigenvalue weighted by atomic mass is 19.4. The average molecular weight is 450 g/mol. The van der Waals surface area contributed by atoms with Gasteiger partial charge in [0.25, 0.3) is 0 Å². The number of hydrogen-bond acceptors (Lipinski definition) is 6. The Morgan fingerprint density at radius 3 is 2.81 bits per heavy atom. The predicted octanol–water partition coefficient (Wildman–Crippen LogP) is 2.05. The Balaban J connectivity index is 1.43. The molecule has 6 nitrogen and oxygen atoms in total. The molecular weight excluding hydrogens is 414 g/mol. The van der Waals surface area contributed by atoms with Gasteiger partial charge < -0.3 is 9.64 Å². The first-order chi connectivity index (χ1) is 14.7. The maximum Gasteiger partial charge on any atom is 0.458 e. The van der Waals surface area contributed by atoms with Crippen molar-refractivity contribution in [2.24, 2.45) is 11.8 Å². The number of hydrogen-bond donors (Lipinski definition) is 4. The molecule has 4 rings (SSSR count). The van der Waals surface area contributed by atoms with Crippen molar-refractivity contribution in [1.82, 2.24) is 26.2 Å². The molecule has 1 aliphatic carbocycles. The molecule has 0 bridgehead atoms. The van der Waals surface area contributed by atoms with Gasteiger partial charge in [0.05, 0.1) is 6.10 Å². The van der Waals surface area contributed by atoms with E-state index in [1.165, 1.54) is 10.9 Å². The van der Waals surface area contributed by atoms with Crippen LogP contribution >= 0.6 is 0 Å². The second kappa shape index (κ2) is 9.61. The van der Waals surface area contributed by atoms with E-state index in [2.05, 4.69) is 34.0 Å². The Morgan fingerprint density at radius 1 is 1.23 bits per heavy atom. The van der Waals surface area contributed by atoms with Gasteiger partial charge in [0.1, 0.15) is 18.6 Å². The van der Waals surface area contributed by atoms with Crippen molar-refractivity contribution in [1.29, 1.82) is 0 Å². The van der Waals surface area contributed by atoms with E-state index >= 15 is 0 Å². The van der Waals surface area contributed by atoms with Crippen LogP contribution in [0.4, 0.5) is 17.6 Å². The zero-order chi connectivity index (χ0) is 22.2. The first-order valence-corrected chi connectivity index (χ1v) is 11.5. The Labute approximate surface area is 181 Å². The standard InChI is InChI=1S/C21H35F4N5O/c1-12-17(22)19(29-21(23,24)25)28-20(26-12)27-15-10-14-6-9-31-18(14)16(11-15)13-4-3-7-30(2)8-5-13/h5,12,14-20,26-29H,3-4,6-11H2,1-2H3. The van der Waals surface area contributed by atoms with Gasteiger partial charge in [0, 0.05) is 31.2 Å². The van der Waals surface area contributed by atoms with Crippen LogP contribution in [0, 0.1) is 11.8 Å². The molecule has 4 aliphatic rings. The maximum atomic E-state index is 14.3. The van der Waals surface area contributed by atoms with Gasteiger partial charge in [0.15, 0.2) is 0 Å². The van der Waals surface area contributed by atoms with E-state index in [4.69, 9.17) is 4.74 Å². The lowest BCUT2D eigenvalue weighted by atomic mass is 9.72. The van der Waals surface area contributed by atoms with Crippen LogP contribution in [0.2, 0.25) is 0 Å². The monoisotopic (exact) mass is 449 g/mol. The molecule has 3 fully saturated rings. The molecule has 3 aliphatic heterocycles. The summed E-state index contributed by atoms with van der Waals surface area (Å²) in [7, 11) is 2.13. The summed E-state index contributed by atoms with van der Waals surface area (Å²) >= 11 is 0. The highest BCUT2D eigenvalue weighted by Crippen LogP contribution is 2.42. The smallest absolute Gasteiger partial charge is 0.377 e. The molecule has 8 unspecified atom stereocenters. The molecule has 0 aromatic heterocycles. The number of rotatable bonds is 4. The summed E-state index contributed by atoms with van der Waals surface area (Å²) < 4.78 is 58.9. The van der Waals surface area contributed by atoms with Crippen molar-refractivity contribution in [3.63, 3.8) is 0 Å². The van der Waals surface area contributed by atoms with Crippen LogP contribution in [-0.4, -0.2) is 74.8 Å². The van der Waals surface area contributed by atoms with Crippen LogP contribution in [0.15, 0.2) is 11.6 Å². The lowest BCUT2D eigenvalue weighted by Gasteiger charge is -2.44. The van der Waals surface area contributed by atoms with Gasteiger partial charge in [-0.3, -0.25) is 16.0 Å². The van der Waals surface area contributed by atoms with E-state index in [0.717, 1.165) is 51.8 Å². The first-order valence-electron chi connectivity index (χ1n) is 11.5. The van der Waals surface area contributed by atoms with Gasteiger partial charge in [0.2, 0.25) is 0 Å². The average Bonchev–Trinajstić information content (AvgIpc) is 3.05. The van der Waals surface area contributed by atoms with E-state index in [1.54, 1.807) is 6.92 Å². The van der Waals surface area contributed by atoms with Gasteiger partial charge in [-0.05, 0) is 58.5 Å². The minimum absolute atomic E-state index is 0.120. The quantitative estimate of drug-likeness (QED) is 0.300. The summed E-state index contributed by atoms with van der Waals surface area (Å²) in [6.07, 6.45) is -0.862. The highest BCUT2D eigenvalue weighted by molar-refractivity contribution is 5.15. The minimum Gasteiger partial charge on any atom is -0.377 e. The van der Waals surface area contributed by atoms with Crippen molar-refractivity contribution < 1.29 is 22.3 Å². The van der Waals surface area contributed by atoms with Crippen LogP contribution in [0.3, 0.4) is 0 Å². The second-order valence-corrected chi connectivity index (χ2v) is 9.59. The summed E-state index contributed by atoms with van der Waals surface area (Å²) in [4.78, 5) is 2.32. The largest absolute Gasteiger partial charge is 0.458 e. The molecule has 0 amide bonds. The van der Waals surface area contributed by atoms with E-state index in [9.17, 15) is 17.6 Å². The lowest BCUT2D eigenvalue weighted by Crippen LogP contribution is -2.74. The maximum absolute atomic E-state index is 14.3. The summed E-state index contributed by atoms with van der Waals surface area (Å²) in [6.45, 7) is 4.36. The van der Waals surface area contributed by atoms with Gasteiger partial charge in [-0.15, -0.1) is 0 Å². The van der Waals surface area contributed by atoms with Crippen LogP contribution in [0.5, 0.6) is 0 Å². The summed E-state index contributed by atoms with van der Waals surface area (Å²) in [5, 5.41) is 10.6. The van der Waals surface area contributed by atoms with Crippen molar-refractivity contribution in [2.75, 3.05) is 26.7 Å². The SMILES string of the molecule is CC1NC(NC2CC3CCOC3C(C3=CCN(C)CCC3)C2)NC(NC(F)(F)F)C1F. The third kappa shape index (κ3) is 5.78. The number of nitrogens with one attached hydrogen (secondary N) is 4. The van der Waals surface area contributed by atoms with Crippen LogP contribution in [0.25, 0.3) is 0 Å². The molecule has 0 aromatic carbocycles. The molecule has 3 heterocycles. The van der Waals surface area contributed by atoms with Crippen molar-refractivity contribution >= 4 is 0 Å². The number of nitrogens with zero attached hydrogens (tertiary/aromatic N) is 1. The molecule has 0 spiro atoms. The third-order valence-corrected chi connectivity index (χ3v) is 7.23. The van der Waals surface area contributed by atoms with E-state index < -0.39 is 31.0 Å². The second-order valence-electron chi connectivity index (χ2n) is 9.59. The normalized spacial score (nSPS) is 42.7. The molecule has 31 heavy (non-hydrogen) atoms. The summed E-state index contributed by atoms with van der Waals surface area (Å²) in [5.41, 5.74) is 1.45. The molecule has 178 valence electrons. The number of likely N-dealkylation sites (N-methyl/N-ethyl adjacent to an activating group) is 1. The number of halogens is 4. The third-order valence-electron chi connectivity index (χ3n) is 7.23. The molecule has 4 N–H and O–H groups in total. The zero-order valence-corrected chi connectivity index (χ0v) is 18.2. The molecule has 2 saturated heterocycles. The molecule has 0 radical (unpaired) electrons. The Bertz CT molecular complexity index is 648. The van der Waals surface area contributed by atoms with E-state index in [0.29, 0.717) is 11.8 Å². The lowest BCUT2D eigenvalue weighted by molar-refractivity contribution is -0.175. The Morgan fingerprint density at radius 2 is 2.03 bits per heavy atom.